The molecule has 0 spiro atoms. The van der Waals surface area contributed by atoms with E-state index in [9.17, 15) is 0 Å². The van der Waals surface area contributed by atoms with E-state index in [1.807, 2.05) is 37.2 Å². The number of hydrogen-bond acceptors (Lipinski definition) is 7. The quantitative estimate of drug-likeness (QED) is 0.760. The highest BCUT2D eigenvalue weighted by molar-refractivity contribution is 5.86. The van der Waals surface area contributed by atoms with Gasteiger partial charge in [0.25, 0.3) is 0 Å². The standard InChI is InChI=1S/C16H20N6O2/c1-21(9-10-5-6-11(23-3)7-13(10)24-4)16-19-14(17)12-8-18-22(2)15(12)20-16/h5-8H,9H2,1-4H3,(H2,17,19,20). The van der Waals surface area contributed by atoms with Crippen LogP contribution in [0.3, 0.4) is 0 Å². The molecule has 0 aliphatic carbocycles. The summed E-state index contributed by atoms with van der Waals surface area (Å²) in [7, 11) is 6.99. The number of hydrogen-bond donors (Lipinski definition) is 1. The maximum atomic E-state index is 6.02. The van der Waals surface area contributed by atoms with Crippen molar-refractivity contribution in [2.75, 3.05) is 31.9 Å². The maximum Gasteiger partial charge on any atom is 0.229 e. The molecule has 0 atom stereocenters. The first-order valence-corrected chi connectivity index (χ1v) is 7.40. The van der Waals surface area contributed by atoms with Crippen molar-refractivity contribution < 1.29 is 9.47 Å². The van der Waals surface area contributed by atoms with Crippen LogP contribution in [0.4, 0.5) is 11.8 Å². The second-order valence-electron chi connectivity index (χ2n) is 5.45. The lowest BCUT2D eigenvalue weighted by Gasteiger charge is -2.19. The van der Waals surface area contributed by atoms with E-state index >= 15 is 0 Å². The van der Waals surface area contributed by atoms with Crippen molar-refractivity contribution in [2.24, 2.45) is 7.05 Å². The molecule has 24 heavy (non-hydrogen) atoms. The lowest BCUT2D eigenvalue weighted by Crippen LogP contribution is -2.20. The number of fused-ring (bicyclic) bond motifs is 1. The van der Waals surface area contributed by atoms with E-state index in [0.29, 0.717) is 24.0 Å². The third-order valence-corrected chi connectivity index (χ3v) is 3.85. The summed E-state index contributed by atoms with van der Waals surface area (Å²) in [4.78, 5) is 10.8. The molecule has 2 N–H and O–H groups in total. The van der Waals surface area contributed by atoms with Gasteiger partial charge in [-0.25, -0.2) is 0 Å². The van der Waals surface area contributed by atoms with E-state index in [0.717, 1.165) is 22.4 Å². The molecule has 0 bridgehead atoms. The number of nitrogen functional groups attached to an aromatic ring is 1. The minimum Gasteiger partial charge on any atom is -0.497 e. The number of nitrogens with zero attached hydrogens (tertiary/aromatic N) is 5. The van der Waals surface area contributed by atoms with Gasteiger partial charge in [0.2, 0.25) is 5.95 Å². The van der Waals surface area contributed by atoms with Crippen molar-refractivity contribution >= 4 is 22.8 Å². The highest BCUT2D eigenvalue weighted by Crippen LogP contribution is 2.27. The Labute approximate surface area is 139 Å². The van der Waals surface area contributed by atoms with Crippen molar-refractivity contribution in [2.45, 2.75) is 6.54 Å². The summed E-state index contributed by atoms with van der Waals surface area (Å²) < 4.78 is 12.3. The molecule has 0 radical (unpaired) electrons. The fraction of sp³-hybridized carbons (Fsp3) is 0.312. The highest BCUT2D eigenvalue weighted by Gasteiger charge is 2.14. The molecule has 1 aromatic carbocycles. The zero-order valence-electron chi connectivity index (χ0n) is 14.1. The minimum absolute atomic E-state index is 0.414. The van der Waals surface area contributed by atoms with Crippen LogP contribution in [0.5, 0.6) is 11.5 Å². The van der Waals surface area contributed by atoms with Crippen LogP contribution in [0, 0.1) is 0 Å². The zero-order chi connectivity index (χ0) is 17.3. The molecule has 0 saturated carbocycles. The highest BCUT2D eigenvalue weighted by atomic mass is 16.5. The third-order valence-electron chi connectivity index (χ3n) is 3.85. The summed E-state index contributed by atoms with van der Waals surface area (Å²) >= 11 is 0. The summed E-state index contributed by atoms with van der Waals surface area (Å²) in [6.07, 6.45) is 1.67. The predicted molar refractivity (Wildman–Crippen MR) is 92.4 cm³/mol. The number of aromatic nitrogens is 4. The van der Waals surface area contributed by atoms with E-state index in [4.69, 9.17) is 15.2 Å². The van der Waals surface area contributed by atoms with Crippen LogP contribution in [0.15, 0.2) is 24.4 Å². The first kappa shape index (κ1) is 15.9. The van der Waals surface area contributed by atoms with Gasteiger partial charge in [0.1, 0.15) is 17.3 Å². The molecule has 0 aliphatic rings. The van der Waals surface area contributed by atoms with Crippen LogP contribution in [0.2, 0.25) is 0 Å². The van der Waals surface area contributed by atoms with Crippen LogP contribution in [0.1, 0.15) is 5.56 Å². The SMILES string of the molecule is COc1ccc(CN(C)c2nc(N)c3cnn(C)c3n2)c(OC)c1. The molecule has 126 valence electrons. The molecule has 0 fully saturated rings. The van der Waals surface area contributed by atoms with Crippen molar-refractivity contribution in [3.05, 3.63) is 30.0 Å². The Kier molecular flexibility index (Phi) is 4.11. The Morgan fingerprint density at radius 3 is 2.71 bits per heavy atom. The van der Waals surface area contributed by atoms with Gasteiger partial charge >= 0.3 is 0 Å². The third kappa shape index (κ3) is 2.78. The monoisotopic (exact) mass is 328 g/mol. The largest absolute Gasteiger partial charge is 0.497 e. The van der Waals surface area contributed by atoms with Crippen molar-refractivity contribution in [3.8, 4) is 11.5 Å². The number of benzene rings is 1. The lowest BCUT2D eigenvalue weighted by molar-refractivity contribution is 0.391. The fourth-order valence-electron chi connectivity index (χ4n) is 2.51. The van der Waals surface area contributed by atoms with Crippen LogP contribution in [-0.2, 0) is 13.6 Å². The zero-order valence-corrected chi connectivity index (χ0v) is 14.1. The van der Waals surface area contributed by atoms with E-state index in [2.05, 4.69) is 15.1 Å². The number of anilines is 2. The predicted octanol–water partition coefficient (Wildman–Crippen LogP) is 1.60. The Hall–Kier alpha value is -3.03. The van der Waals surface area contributed by atoms with Gasteiger partial charge in [-0.05, 0) is 12.1 Å². The fourth-order valence-corrected chi connectivity index (χ4v) is 2.51. The van der Waals surface area contributed by atoms with Gasteiger partial charge in [0.05, 0.1) is 25.8 Å². The maximum absolute atomic E-state index is 6.02. The lowest BCUT2D eigenvalue weighted by atomic mass is 10.2. The molecule has 8 nitrogen and oxygen atoms in total. The van der Waals surface area contributed by atoms with Crippen LogP contribution < -0.4 is 20.1 Å². The Balaban J connectivity index is 1.92. The molecular weight excluding hydrogens is 308 g/mol. The second kappa shape index (κ2) is 6.23. The Morgan fingerprint density at radius 1 is 1.21 bits per heavy atom. The van der Waals surface area contributed by atoms with Crippen molar-refractivity contribution in [1.82, 2.24) is 19.7 Å². The van der Waals surface area contributed by atoms with E-state index in [-0.39, 0.29) is 0 Å². The summed E-state index contributed by atoms with van der Waals surface area (Å²) in [5.74, 6) is 2.43. The van der Waals surface area contributed by atoms with Gasteiger partial charge in [-0.1, -0.05) is 0 Å². The van der Waals surface area contributed by atoms with Gasteiger partial charge in [0, 0.05) is 32.3 Å². The molecular formula is C16H20N6O2. The Morgan fingerprint density at radius 2 is 2.00 bits per heavy atom. The number of ether oxygens (including phenoxy) is 2. The summed E-state index contributed by atoms with van der Waals surface area (Å²) in [5, 5.41) is 4.92. The summed E-state index contributed by atoms with van der Waals surface area (Å²) in [6.45, 7) is 0.565. The minimum atomic E-state index is 0.414. The van der Waals surface area contributed by atoms with E-state index in [1.54, 1.807) is 25.1 Å². The van der Waals surface area contributed by atoms with Gasteiger partial charge in [-0.2, -0.15) is 15.1 Å². The Bertz CT molecular complexity index is 876. The molecule has 0 aliphatic heterocycles. The van der Waals surface area contributed by atoms with E-state index in [1.165, 1.54) is 0 Å². The molecule has 0 saturated heterocycles. The van der Waals surface area contributed by atoms with Gasteiger partial charge in [-0.3, -0.25) is 4.68 Å². The van der Waals surface area contributed by atoms with Gasteiger partial charge in [0.15, 0.2) is 5.65 Å². The summed E-state index contributed by atoms with van der Waals surface area (Å²) in [6, 6.07) is 5.70. The average molecular weight is 328 g/mol. The molecule has 2 heterocycles. The first-order valence-electron chi connectivity index (χ1n) is 7.40. The topological polar surface area (TPSA) is 91.3 Å². The normalized spacial score (nSPS) is 10.8. The molecule has 2 aromatic heterocycles. The molecule has 0 amide bonds. The first-order chi connectivity index (χ1) is 11.5. The smallest absolute Gasteiger partial charge is 0.229 e. The second-order valence-corrected chi connectivity index (χ2v) is 5.45. The average Bonchev–Trinajstić information content (AvgIpc) is 2.97. The number of methoxy groups -OCH3 is 2. The van der Waals surface area contributed by atoms with Crippen molar-refractivity contribution in [3.63, 3.8) is 0 Å². The summed E-state index contributed by atoms with van der Waals surface area (Å²) in [5.41, 5.74) is 7.72. The molecule has 3 rings (SSSR count). The molecule has 3 aromatic rings. The van der Waals surface area contributed by atoms with Crippen LogP contribution in [0.25, 0.3) is 11.0 Å². The molecule has 8 heteroatoms. The van der Waals surface area contributed by atoms with Crippen LogP contribution in [-0.4, -0.2) is 41.0 Å². The van der Waals surface area contributed by atoms with Crippen molar-refractivity contribution in [1.29, 1.82) is 0 Å². The van der Waals surface area contributed by atoms with Gasteiger partial charge < -0.3 is 20.1 Å². The molecule has 0 unspecified atom stereocenters. The number of rotatable bonds is 5. The number of nitrogens with two attached hydrogens (primary N) is 1. The van der Waals surface area contributed by atoms with Crippen LogP contribution >= 0.6 is 0 Å². The number of aryl methyl sites for hydroxylation is 1. The van der Waals surface area contributed by atoms with E-state index < -0.39 is 0 Å². The van der Waals surface area contributed by atoms with Gasteiger partial charge in [-0.15, -0.1) is 0 Å².